The van der Waals surface area contributed by atoms with Crippen LogP contribution in [0.15, 0.2) is 30.0 Å². The molecule has 1 unspecified atom stereocenters. The number of nitrogens with zero attached hydrogens (tertiary/aromatic N) is 2. The Kier molecular flexibility index (Phi) is 6.77. The summed E-state index contributed by atoms with van der Waals surface area (Å²) >= 11 is 0. The van der Waals surface area contributed by atoms with Crippen molar-refractivity contribution in [3.8, 4) is 5.75 Å². The van der Waals surface area contributed by atoms with Gasteiger partial charge in [0.2, 0.25) is 0 Å². The first-order valence-electron chi connectivity index (χ1n) is 10.3. The van der Waals surface area contributed by atoms with E-state index in [0.717, 1.165) is 25.9 Å². The molecule has 0 bridgehead atoms. The summed E-state index contributed by atoms with van der Waals surface area (Å²) in [5.74, 6) is -0.555. The number of halogens is 1. The molecule has 158 valence electrons. The molecule has 1 amide bonds. The van der Waals surface area contributed by atoms with Crippen LogP contribution < -0.4 is 9.64 Å². The second kappa shape index (κ2) is 9.29. The number of esters is 1. The highest BCUT2D eigenvalue weighted by molar-refractivity contribution is 5.94. The van der Waals surface area contributed by atoms with Gasteiger partial charge in [-0.1, -0.05) is 19.9 Å². The van der Waals surface area contributed by atoms with Crippen LogP contribution in [0.25, 0.3) is 0 Å². The highest BCUT2D eigenvalue weighted by Crippen LogP contribution is 2.32. The summed E-state index contributed by atoms with van der Waals surface area (Å²) < 4.78 is 25.9. The number of hydrogen-bond donors (Lipinski definition) is 0. The summed E-state index contributed by atoms with van der Waals surface area (Å²) in [5, 5.41) is 0. The summed E-state index contributed by atoms with van der Waals surface area (Å²) in [5.41, 5.74) is 0.519. The summed E-state index contributed by atoms with van der Waals surface area (Å²) in [7, 11) is 0. The molecule has 0 spiro atoms. The van der Waals surface area contributed by atoms with E-state index in [2.05, 4.69) is 0 Å². The molecule has 2 heterocycles. The van der Waals surface area contributed by atoms with Gasteiger partial charge >= 0.3 is 5.97 Å². The van der Waals surface area contributed by atoms with Gasteiger partial charge in [0.15, 0.2) is 11.6 Å². The minimum absolute atomic E-state index is 0.0897. The molecular formula is C22H29FN2O4. The fraction of sp³-hybridized carbons (Fsp3) is 0.545. The lowest BCUT2D eigenvalue weighted by Gasteiger charge is -2.27. The number of rotatable bonds is 8. The van der Waals surface area contributed by atoms with Gasteiger partial charge in [0.1, 0.15) is 11.8 Å². The van der Waals surface area contributed by atoms with Crippen molar-refractivity contribution in [1.82, 2.24) is 4.90 Å². The molecular weight excluding hydrogens is 375 g/mol. The number of hydrogen-bond acceptors (Lipinski definition) is 5. The van der Waals surface area contributed by atoms with E-state index in [-0.39, 0.29) is 30.7 Å². The van der Waals surface area contributed by atoms with E-state index in [0.29, 0.717) is 17.9 Å². The maximum absolute atomic E-state index is 15.0. The van der Waals surface area contributed by atoms with Crippen molar-refractivity contribution in [2.75, 3.05) is 31.1 Å². The van der Waals surface area contributed by atoms with Gasteiger partial charge in [-0.3, -0.25) is 4.79 Å². The first kappa shape index (κ1) is 21.1. The van der Waals surface area contributed by atoms with Gasteiger partial charge in [0.05, 0.1) is 18.8 Å². The summed E-state index contributed by atoms with van der Waals surface area (Å²) in [4.78, 5) is 28.3. The van der Waals surface area contributed by atoms with E-state index in [9.17, 15) is 14.0 Å². The molecule has 0 aliphatic carbocycles. The fourth-order valence-corrected chi connectivity index (χ4v) is 3.79. The molecule has 3 rings (SSSR count). The van der Waals surface area contributed by atoms with Crippen molar-refractivity contribution in [1.29, 1.82) is 0 Å². The SMILES string of the molecule is CCOC(=O)C(CC(C)C)N1CC(Oc2cccc(N3CCCC3)c2F)=CC1=O. The van der Waals surface area contributed by atoms with Crippen LogP contribution in [0, 0.1) is 11.7 Å². The Morgan fingerprint density at radius 2 is 1.97 bits per heavy atom. The first-order chi connectivity index (χ1) is 13.9. The van der Waals surface area contributed by atoms with Gasteiger partial charge in [-0.25, -0.2) is 9.18 Å². The van der Waals surface area contributed by atoms with Crippen LogP contribution in [-0.2, 0) is 14.3 Å². The number of carbonyl (C=O) groups is 2. The van der Waals surface area contributed by atoms with Crippen molar-refractivity contribution in [2.45, 2.75) is 46.1 Å². The molecule has 2 aliphatic rings. The normalized spacial score (nSPS) is 17.7. The van der Waals surface area contributed by atoms with Crippen molar-refractivity contribution >= 4 is 17.6 Å². The number of anilines is 1. The third kappa shape index (κ3) is 4.89. The second-order valence-corrected chi connectivity index (χ2v) is 7.86. The Hall–Kier alpha value is -2.57. The van der Waals surface area contributed by atoms with Crippen molar-refractivity contribution in [3.05, 3.63) is 35.9 Å². The van der Waals surface area contributed by atoms with Crippen LogP contribution >= 0.6 is 0 Å². The zero-order chi connectivity index (χ0) is 21.0. The maximum Gasteiger partial charge on any atom is 0.328 e. The molecule has 0 radical (unpaired) electrons. The van der Waals surface area contributed by atoms with E-state index in [1.165, 1.54) is 11.0 Å². The smallest absolute Gasteiger partial charge is 0.328 e. The van der Waals surface area contributed by atoms with Gasteiger partial charge in [0.25, 0.3) is 5.91 Å². The van der Waals surface area contributed by atoms with E-state index >= 15 is 0 Å². The van der Waals surface area contributed by atoms with E-state index in [1.54, 1.807) is 25.1 Å². The standard InChI is InChI=1S/C22H29FN2O4/c1-4-28-22(27)18(12-15(2)3)25-14-16(13-20(25)26)29-19-9-7-8-17(21(19)23)24-10-5-6-11-24/h7-9,13,15,18H,4-6,10-12,14H2,1-3H3. The van der Waals surface area contributed by atoms with Crippen LogP contribution in [0.4, 0.5) is 10.1 Å². The molecule has 29 heavy (non-hydrogen) atoms. The Bertz CT molecular complexity index is 787. The number of carbonyl (C=O) groups excluding carboxylic acids is 2. The monoisotopic (exact) mass is 404 g/mol. The Morgan fingerprint density at radius 3 is 2.62 bits per heavy atom. The van der Waals surface area contributed by atoms with E-state index < -0.39 is 17.8 Å². The van der Waals surface area contributed by atoms with Gasteiger partial charge in [-0.15, -0.1) is 0 Å². The summed E-state index contributed by atoms with van der Waals surface area (Å²) in [6.07, 6.45) is 3.91. The lowest BCUT2D eigenvalue weighted by Crippen LogP contribution is -2.44. The average molecular weight is 404 g/mol. The Labute approximate surface area is 171 Å². The summed E-state index contributed by atoms with van der Waals surface area (Å²) in [6, 6.07) is 4.37. The molecule has 0 saturated carbocycles. The molecule has 1 fully saturated rings. The lowest BCUT2D eigenvalue weighted by atomic mass is 10.0. The predicted molar refractivity (Wildman–Crippen MR) is 108 cm³/mol. The first-order valence-corrected chi connectivity index (χ1v) is 10.3. The lowest BCUT2D eigenvalue weighted by molar-refractivity contribution is -0.153. The highest BCUT2D eigenvalue weighted by atomic mass is 19.1. The van der Waals surface area contributed by atoms with Crippen LogP contribution in [0.5, 0.6) is 5.75 Å². The van der Waals surface area contributed by atoms with Crippen LogP contribution in [0.2, 0.25) is 0 Å². The van der Waals surface area contributed by atoms with Gasteiger partial charge < -0.3 is 19.3 Å². The maximum atomic E-state index is 15.0. The molecule has 1 aromatic rings. The number of amides is 1. The third-order valence-electron chi connectivity index (χ3n) is 5.15. The van der Waals surface area contributed by atoms with Crippen molar-refractivity contribution in [2.24, 2.45) is 5.92 Å². The largest absolute Gasteiger partial charge is 0.464 e. The van der Waals surface area contributed by atoms with Crippen LogP contribution in [0.3, 0.4) is 0 Å². The molecule has 0 N–H and O–H groups in total. The number of ether oxygens (including phenoxy) is 2. The van der Waals surface area contributed by atoms with E-state index in [4.69, 9.17) is 9.47 Å². The molecule has 7 heteroatoms. The minimum Gasteiger partial charge on any atom is -0.464 e. The van der Waals surface area contributed by atoms with Crippen molar-refractivity contribution < 1.29 is 23.5 Å². The topological polar surface area (TPSA) is 59.1 Å². The van der Waals surface area contributed by atoms with Crippen LogP contribution in [0.1, 0.15) is 40.0 Å². The fourth-order valence-electron chi connectivity index (χ4n) is 3.79. The minimum atomic E-state index is -0.680. The molecule has 0 aromatic heterocycles. The average Bonchev–Trinajstić information content (AvgIpc) is 3.31. The predicted octanol–water partition coefficient (Wildman–Crippen LogP) is 3.51. The summed E-state index contributed by atoms with van der Waals surface area (Å²) in [6.45, 7) is 7.72. The third-order valence-corrected chi connectivity index (χ3v) is 5.15. The van der Waals surface area contributed by atoms with Gasteiger partial charge in [0, 0.05) is 19.2 Å². The quantitative estimate of drug-likeness (QED) is 0.621. The van der Waals surface area contributed by atoms with Crippen LogP contribution in [-0.4, -0.2) is 49.1 Å². The van der Waals surface area contributed by atoms with Gasteiger partial charge in [-0.05, 0) is 44.2 Å². The molecule has 1 saturated heterocycles. The zero-order valence-corrected chi connectivity index (χ0v) is 17.3. The van der Waals surface area contributed by atoms with E-state index in [1.807, 2.05) is 18.7 Å². The molecule has 2 aliphatic heterocycles. The molecule has 1 atom stereocenters. The zero-order valence-electron chi connectivity index (χ0n) is 17.3. The Balaban J connectivity index is 1.73. The molecule has 1 aromatic carbocycles. The highest BCUT2D eigenvalue weighted by Gasteiger charge is 2.35. The second-order valence-electron chi connectivity index (χ2n) is 7.86. The van der Waals surface area contributed by atoms with Crippen molar-refractivity contribution in [3.63, 3.8) is 0 Å². The molecule has 6 nitrogen and oxygen atoms in total. The van der Waals surface area contributed by atoms with Gasteiger partial charge in [-0.2, -0.15) is 0 Å². The Morgan fingerprint density at radius 1 is 1.24 bits per heavy atom. The number of benzene rings is 1.